The average molecular weight is 209 g/mol. The van der Waals surface area contributed by atoms with Gasteiger partial charge in [0.15, 0.2) is 0 Å². The van der Waals surface area contributed by atoms with Crippen molar-refractivity contribution in [1.82, 2.24) is 9.55 Å². The van der Waals surface area contributed by atoms with Gasteiger partial charge in [-0.25, -0.2) is 4.98 Å². The topological polar surface area (TPSA) is 53.1 Å². The molecule has 1 aromatic heterocycles. The molecule has 2 rings (SSSR count). The number of rotatable bonds is 2. The molecule has 1 aliphatic carbocycles. The maximum Gasteiger partial charge on any atom is 0.296 e. The highest BCUT2D eigenvalue weighted by atomic mass is 16.5. The van der Waals surface area contributed by atoms with Crippen molar-refractivity contribution in [2.75, 3.05) is 0 Å². The van der Waals surface area contributed by atoms with Crippen molar-refractivity contribution in [3.05, 3.63) is 12.4 Å². The normalized spacial score (nSPS) is 27.3. The molecule has 2 N–H and O–H groups in total. The number of nitrogens with zero attached hydrogens (tertiary/aromatic N) is 2. The zero-order chi connectivity index (χ0) is 10.7. The molecular formula is C11H19N3O. The summed E-state index contributed by atoms with van der Waals surface area (Å²) in [6.45, 7) is 0. The fourth-order valence-corrected chi connectivity index (χ4v) is 2.05. The van der Waals surface area contributed by atoms with Crippen LogP contribution < -0.4 is 10.5 Å². The number of imidazole rings is 1. The second-order valence-electron chi connectivity index (χ2n) is 4.28. The van der Waals surface area contributed by atoms with Crippen LogP contribution in [-0.4, -0.2) is 21.7 Å². The molecule has 2 unspecified atom stereocenters. The highest BCUT2D eigenvalue weighted by molar-refractivity contribution is 4.99. The van der Waals surface area contributed by atoms with Gasteiger partial charge >= 0.3 is 0 Å². The summed E-state index contributed by atoms with van der Waals surface area (Å²) in [6.07, 6.45) is 9.59. The van der Waals surface area contributed by atoms with Gasteiger partial charge < -0.3 is 15.0 Å². The smallest absolute Gasteiger partial charge is 0.296 e. The minimum Gasteiger partial charge on any atom is -0.460 e. The molecule has 1 aromatic rings. The molecule has 1 fully saturated rings. The number of hydrogen-bond acceptors (Lipinski definition) is 3. The Labute approximate surface area is 90.4 Å². The van der Waals surface area contributed by atoms with E-state index < -0.39 is 0 Å². The van der Waals surface area contributed by atoms with Crippen LogP contribution in [0, 0.1) is 0 Å². The number of hydrogen-bond donors (Lipinski definition) is 1. The first-order chi connectivity index (χ1) is 7.27. The number of ether oxygens (including phenoxy) is 1. The van der Waals surface area contributed by atoms with Gasteiger partial charge in [0.05, 0.1) is 0 Å². The van der Waals surface area contributed by atoms with Crippen molar-refractivity contribution in [1.29, 1.82) is 0 Å². The highest BCUT2D eigenvalue weighted by Crippen LogP contribution is 2.20. The van der Waals surface area contributed by atoms with Gasteiger partial charge in [0.1, 0.15) is 6.10 Å². The zero-order valence-corrected chi connectivity index (χ0v) is 9.22. The molecule has 0 spiro atoms. The Morgan fingerprint density at radius 3 is 2.93 bits per heavy atom. The summed E-state index contributed by atoms with van der Waals surface area (Å²) in [5.74, 6) is 0. The van der Waals surface area contributed by atoms with E-state index in [0.29, 0.717) is 6.01 Å². The van der Waals surface area contributed by atoms with E-state index in [-0.39, 0.29) is 12.1 Å². The second-order valence-corrected chi connectivity index (χ2v) is 4.28. The van der Waals surface area contributed by atoms with Crippen LogP contribution in [0.1, 0.15) is 32.1 Å². The minimum absolute atomic E-state index is 0.133. The largest absolute Gasteiger partial charge is 0.460 e. The summed E-state index contributed by atoms with van der Waals surface area (Å²) in [5, 5.41) is 0. The number of aryl methyl sites for hydroxylation is 1. The Hall–Kier alpha value is -1.03. The Balaban J connectivity index is 2.00. The fraction of sp³-hybridized carbons (Fsp3) is 0.727. The lowest BCUT2D eigenvalue weighted by atomic mass is 10.1. The summed E-state index contributed by atoms with van der Waals surface area (Å²) in [7, 11) is 1.94. The molecule has 1 aliphatic rings. The van der Waals surface area contributed by atoms with Gasteiger partial charge in [0, 0.05) is 25.5 Å². The Morgan fingerprint density at radius 2 is 2.20 bits per heavy atom. The molecule has 15 heavy (non-hydrogen) atoms. The van der Waals surface area contributed by atoms with Crippen LogP contribution in [0.4, 0.5) is 0 Å². The fourth-order valence-electron chi connectivity index (χ4n) is 2.05. The van der Waals surface area contributed by atoms with Gasteiger partial charge in [0.2, 0.25) is 0 Å². The summed E-state index contributed by atoms with van der Waals surface area (Å²) < 4.78 is 7.73. The van der Waals surface area contributed by atoms with Crippen molar-refractivity contribution in [3.63, 3.8) is 0 Å². The van der Waals surface area contributed by atoms with E-state index in [9.17, 15) is 0 Å². The summed E-state index contributed by atoms with van der Waals surface area (Å²) in [4.78, 5) is 4.16. The quantitative estimate of drug-likeness (QED) is 0.750. The van der Waals surface area contributed by atoms with Crippen LogP contribution in [0.25, 0.3) is 0 Å². The lowest BCUT2D eigenvalue weighted by Crippen LogP contribution is -2.38. The third-order valence-corrected chi connectivity index (χ3v) is 3.04. The predicted molar refractivity (Wildman–Crippen MR) is 58.7 cm³/mol. The van der Waals surface area contributed by atoms with Crippen LogP contribution >= 0.6 is 0 Å². The van der Waals surface area contributed by atoms with Crippen LogP contribution in [0.3, 0.4) is 0 Å². The predicted octanol–water partition coefficient (Wildman–Crippen LogP) is 1.46. The standard InChI is InChI=1S/C11H19N3O/c1-14-8-7-13-11(14)15-10-6-4-2-3-5-9(10)12/h7-10H,2-6,12H2,1H3. The molecule has 0 bridgehead atoms. The van der Waals surface area contributed by atoms with Crippen molar-refractivity contribution in [2.45, 2.75) is 44.2 Å². The van der Waals surface area contributed by atoms with E-state index >= 15 is 0 Å². The molecule has 2 atom stereocenters. The van der Waals surface area contributed by atoms with Crippen LogP contribution in [0.5, 0.6) is 6.01 Å². The third-order valence-electron chi connectivity index (χ3n) is 3.04. The Kier molecular flexibility index (Phi) is 3.26. The van der Waals surface area contributed by atoms with Crippen molar-refractivity contribution in [2.24, 2.45) is 12.8 Å². The Morgan fingerprint density at radius 1 is 1.40 bits per heavy atom. The van der Waals surface area contributed by atoms with Gasteiger partial charge in [-0.1, -0.05) is 12.8 Å². The SMILES string of the molecule is Cn1ccnc1OC1CCCCCC1N. The molecular weight excluding hydrogens is 190 g/mol. The monoisotopic (exact) mass is 209 g/mol. The lowest BCUT2D eigenvalue weighted by Gasteiger charge is -2.21. The molecule has 4 heteroatoms. The number of aromatic nitrogens is 2. The van der Waals surface area contributed by atoms with Crippen molar-refractivity contribution >= 4 is 0 Å². The van der Waals surface area contributed by atoms with Crippen LogP contribution in [0.2, 0.25) is 0 Å². The van der Waals surface area contributed by atoms with E-state index in [2.05, 4.69) is 4.98 Å². The van der Waals surface area contributed by atoms with E-state index in [1.807, 2.05) is 17.8 Å². The number of nitrogens with two attached hydrogens (primary N) is 1. The molecule has 0 aromatic carbocycles. The van der Waals surface area contributed by atoms with Crippen LogP contribution in [0.15, 0.2) is 12.4 Å². The van der Waals surface area contributed by atoms with E-state index in [1.54, 1.807) is 6.20 Å². The first-order valence-electron chi connectivity index (χ1n) is 5.67. The molecule has 0 saturated heterocycles. The van der Waals surface area contributed by atoms with Gasteiger partial charge in [-0.3, -0.25) is 0 Å². The summed E-state index contributed by atoms with van der Waals surface area (Å²) in [5.41, 5.74) is 6.08. The zero-order valence-electron chi connectivity index (χ0n) is 9.22. The van der Waals surface area contributed by atoms with E-state index in [4.69, 9.17) is 10.5 Å². The van der Waals surface area contributed by atoms with Crippen molar-refractivity contribution in [3.8, 4) is 6.01 Å². The molecule has 1 heterocycles. The van der Waals surface area contributed by atoms with Gasteiger partial charge in [0.25, 0.3) is 6.01 Å². The van der Waals surface area contributed by atoms with E-state index in [1.165, 1.54) is 19.3 Å². The van der Waals surface area contributed by atoms with Crippen molar-refractivity contribution < 1.29 is 4.74 Å². The summed E-state index contributed by atoms with van der Waals surface area (Å²) >= 11 is 0. The molecule has 0 radical (unpaired) electrons. The van der Waals surface area contributed by atoms with Crippen LogP contribution in [-0.2, 0) is 7.05 Å². The summed E-state index contributed by atoms with van der Waals surface area (Å²) in [6, 6.07) is 0.835. The van der Waals surface area contributed by atoms with E-state index in [0.717, 1.165) is 12.8 Å². The molecule has 0 aliphatic heterocycles. The maximum atomic E-state index is 6.08. The Bertz CT molecular complexity index is 311. The minimum atomic E-state index is 0.133. The molecule has 84 valence electrons. The highest BCUT2D eigenvalue weighted by Gasteiger charge is 2.22. The lowest BCUT2D eigenvalue weighted by molar-refractivity contribution is 0.144. The maximum absolute atomic E-state index is 6.08. The van der Waals surface area contributed by atoms with Gasteiger partial charge in [-0.05, 0) is 19.3 Å². The van der Waals surface area contributed by atoms with Gasteiger partial charge in [-0.15, -0.1) is 0 Å². The molecule has 1 saturated carbocycles. The average Bonchev–Trinajstić information content (AvgIpc) is 2.50. The molecule has 4 nitrogen and oxygen atoms in total. The third kappa shape index (κ3) is 2.50. The molecule has 0 amide bonds. The first kappa shape index (κ1) is 10.5. The van der Waals surface area contributed by atoms with Gasteiger partial charge in [-0.2, -0.15) is 0 Å². The second kappa shape index (κ2) is 4.66. The first-order valence-corrected chi connectivity index (χ1v) is 5.67.